The van der Waals surface area contributed by atoms with E-state index in [1.54, 1.807) is 0 Å². The molecule has 0 amide bonds. The van der Waals surface area contributed by atoms with Gasteiger partial charge >= 0.3 is 0 Å². The van der Waals surface area contributed by atoms with E-state index in [1.807, 2.05) is 48.5 Å². The maximum absolute atomic E-state index is 12.1. The zero-order chi connectivity index (χ0) is 12.5. The molecule has 1 aliphatic heterocycles. The minimum atomic E-state index is -0.190. The second kappa shape index (κ2) is 4.58. The highest BCUT2D eigenvalue weighted by Gasteiger charge is 2.27. The molecule has 1 heterocycles. The number of benzene rings is 2. The van der Waals surface area contributed by atoms with Crippen molar-refractivity contribution in [3.05, 3.63) is 64.1 Å². The molecule has 3 rings (SSSR count). The van der Waals surface area contributed by atoms with Crippen molar-refractivity contribution in [3.63, 3.8) is 0 Å². The zero-order valence-corrected chi connectivity index (χ0v) is 11.2. The number of ether oxygens (including phenoxy) is 1. The van der Waals surface area contributed by atoms with E-state index in [1.165, 1.54) is 0 Å². The monoisotopic (exact) mass is 302 g/mol. The Bertz CT molecular complexity index is 607. The fraction of sp³-hybridized carbons (Fsp3) is 0.133. The van der Waals surface area contributed by atoms with Gasteiger partial charge in [-0.1, -0.05) is 40.2 Å². The first-order chi connectivity index (χ1) is 8.74. The molecule has 2 aromatic carbocycles. The number of carbonyl (C=O) groups is 1. The van der Waals surface area contributed by atoms with Gasteiger partial charge in [-0.15, -0.1) is 0 Å². The van der Waals surface area contributed by atoms with Crippen molar-refractivity contribution in [2.24, 2.45) is 0 Å². The highest BCUT2D eigenvalue weighted by Crippen LogP contribution is 2.35. The van der Waals surface area contributed by atoms with Crippen molar-refractivity contribution in [1.82, 2.24) is 0 Å². The molecule has 0 bridgehead atoms. The first-order valence-corrected chi connectivity index (χ1v) is 6.58. The molecule has 1 aliphatic rings. The van der Waals surface area contributed by atoms with Gasteiger partial charge in [-0.3, -0.25) is 4.79 Å². The first-order valence-electron chi connectivity index (χ1n) is 5.78. The molecule has 0 saturated heterocycles. The number of carbonyl (C=O) groups excluding carboxylic acids is 1. The highest BCUT2D eigenvalue weighted by atomic mass is 79.9. The second-order valence-corrected chi connectivity index (χ2v) is 5.20. The molecule has 0 saturated carbocycles. The molecule has 0 spiro atoms. The summed E-state index contributed by atoms with van der Waals surface area (Å²) in [6.07, 6.45) is 0.206. The average molecular weight is 303 g/mol. The molecule has 1 atom stereocenters. The lowest BCUT2D eigenvalue weighted by Gasteiger charge is -2.25. The van der Waals surface area contributed by atoms with E-state index < -0.39 is 0 Å². The fourth-order valence-electron chi connectivity index (χ4n) is 2.17. The summed E-state index contributed by atoms with van der Waals surface area (Å²) in [7, 11) is 0. The lowest BCUT2D eigenvalue weighted by atomic mass is 9.96. The SMILES string of the molecule is O=C1C[C@H](c2cccc(Br)c2)Oc2ccccc21. The van der Waals surface area contributed by atoms with E-state index in [0.717, 1.165) is 10.0 Å². The van der Waals surface area contributed by atoms with E-state index in [4.69, 9.17) is 4.74 Å². The van der Waals surface area contributed by atoms with Crippen LogP contribution in [0.3, 0.4) is 0 Å². The molecule has 0 aromatic heterocycles. The predicted octanol–water partition coefficient (Wildman–Crippen LogP) is 4.16. The molecule has 2 nitrogen and oxygen atoms in total. The van der Waals surface area contributed by atoms with Gasteiger partial charge < -0.3 is 4.74 Å². The lowest BCUT2D eigenvalue weighted by Crippen LogP contribution is -2.20. The van der Waals surface area contributed by atoms with Crippen LogP contribution in [0.25, 0.3) is 0 Å². The van der Waals surface area contributed by atoms with Crippen LogP contribution in [0.1, 0.15) is 28.4 Å². The fourth-order valence-corrected chi connectivity index (χ4v) is 2.58. The molecule has 3 heteroatoms. The molecule has 0 radical (unpaired) electrons. The summed E-state index contributed by atoms with van der Waals surface area (Å²) in [4.78, 5) is 12.1. The lowest BCUT2D eigenvalue weighted by molar-refractivity contribution is 0.0850. The Labute approximate surface area is 114 Å². The van der Waals surface area contributed by atoms with Gasteiger partial charge in [-0.05, 0) is 29.8 Å². The first kappa shape index (κ1) is 11.5. The average Bonchev–Trinajstić information content (AvgIpc) is 2.39. The molecule has 0 aliphatic carbocycles. The quantitative estimate of drug-likeness (QED) is 0.791. The van der Waals surface area contributed by atoms with E-state index in [0.29, 0.717) is 17.7 Å². The molecule has 18 heavy (non-hydrogen) atoms. The minimum Gasteiger partial charge on any atom is -0.484 e. The van der Waals surface area contributed by atoms with Crippen LogP contribution < -0.4 is 4.74 Å². The minimum absolute atomic E-state index is 0.141. The Balaban J connectivity index is 1.97. The largest absolute Gasteiger partial charge is 0.484 e. The Morgan fingerprint density at radius 3 is 2.78 bits per heavy atom. The summed E-state index contributed by atoms with van der Waals surface area (Å²) in [5.74, 6) is 0.820. The van der Waals surface area contributed by atoms with Crippen molar-refractivity contribution < 1.29 is 9.53 Å². The second-order valence-electron chi connectivity index (χ2n) is 4.28. The molecule has 2 aromatic rings. The zero-order valence-electron chi connectivity index (χ0n) is 9.60. The van der Waals surface area contributed by atoms with E-state index in [9.17, 15) is 4.79 Å². The van der Waals surface area contributed by atoms with Gasteiger partial charge in [0, 0.05) is 4.47 Å². The summed E-state index contributed by atoms with van der Waals surface area (Å²) in [5.41, 5.74) is 1.70. The molecule has 0 N–H and O–H groups in total. The number of ketones is 1. The van der Waals surface area contributed by atoms with Crippen LogP contribution in [0.15, 0.2) is 53.0 Å². The summed E-state index contributed by atoms with van der Waals surface area (Å²) >= 11 is 3.44. The number of fused-ring (bicyclic) bond motifs is 1. The van der Waals surface area contributed by atoms with Gasteiger partial charge in [-0.2, -0.15) is 0 Å². The van der Waals surface area contributed by atoms with Crippen LogP contribution in [0.5, 0.6) is 5.75 Å². The standard InChI is InChI=1S/C15H11BrO2/c16-11-5-3-4-10(8-11)15-9-13(17)12-6-1-2-7-14(12)18-15/h1-8,15H,9H2/t15-/m1/s1. The summed E-state index contributed by atoms with van der Waals surface area (Å²) in [6.45, 7) is 0. The smallest absolute Gasteiger partial charge is 0.170 e. The van der Waals surface area contributed by atoms with Crippen molar-refractivity contribution >= 4 is 21.7 Å². The Kier molecular flexibility index (Phi) is 2.92. The third-order valence-electron chi connectivity index (χ3n) is 3.05. The van der Waals surface area contributed by atoms with Crippen LogP contribution in [-0.4, -0.2) is 5.78 Å². The van der Waals surface area contributed by atoms with Gasteiger partial charge in [0.15, 0.2) is 5.78 Å². The van der Waals surface area contributed by atoms with Gasteiger partial charge in [-0.25, -0.2) is 0 Å². The Morgan fingerprint density at radius 2 is 1.94 bits per heavy atom. The molecule has 0 unspecified atom stereocenters. The van der Waals surface area contributed by atoms with Crippen molar-refractivity contribution in [2.75, 3.05) is 0 Å². The maximum Gasteiger partial charge on any atom is 0.170 e. The molecular formula is C15H11BrO2. The van der Waals surface area contributed by atoms with E-state index in [-0.39, 0.29) is 11.9 Å². The third-order valence-corrected chi connectivity index (χ3v) is 3.54. The molecular weight excluding hydrogens is 292 g/mol. The number of para-hydroxylation sites is 1. The normalized spacial score (nSPS) is 18.1. The summed E-state index contributed by atoms with van der Waals surface area (Å²) < 4.78 is 6.90. The van der Waals surface area contributed by atoms with Gasteiger partial charge in [0.2, 0.25) is 0 Å². The van der Waals surface area contributed by atoms with E-state index >= 15 is 0 Å². The molecule has 90 valence electrons. The maximum atomic E-state index is 12.1. The van der Waals surface area contributed by atoms with Crippen LogP contribution in [0.2, 0.25) is 0 Å². The van der Waals surface area contributed by atoms with Crippen molar-refractivity contribution in [1.29, 1.82) is 0 Å². The summed E-state index contributed by atoms with van der Waals surface area (Å²) in [5, 5.41) is 0. The van der Waals surface area contributed by atoms with Gasteiger partial charge in [0.1, 0.15) is 11.9 Å². The van der Waals surface area contributed by atoms with Crippen molar-refractivity contribution in [2.45, 2.75) is 12.5 Å². The predicted molar refractivity (Wildman–Crippen MR) is 72.9 cm³/mol. The van der Waals surface area contributed by atoms with Gasteiger partial charge in [0.25, 0.3) is 0 Å². The highest BCUT2D eigenvalue weighted by molar-refractivity contribution is 9.10. The number of Topliss-reactive ketones (excluding diaryl/α,β-unsaturated/α-hetero) is 1. The van der Waals surface area contributed by atoms with Crippen LogP contribution >= 0.6 is 15.9 Å². The van der Waals surface area contributed by atoms with Crippen LogP contribution in [0, 0.1) is 0 Å². The van der Waals surface area contributed by atoms with Gasteiger partial charge in [0.05, 0.1) is 12.0 Å². The summed E-state index contributed by atoms with van der Waals surface area (Å²) in [6, 6.07) is 15.3. The van der Waals surface area contributed by atoms with E-state index in [2.05, 4.69) is 15.9 Å². The van der Waals surface area contributed by atoms with Crippen LogP contribution in [0.4, 0.5) is 0 Å². The third kappa shape index (κ3) is 2.06. The topological polar surface area (TPSA) is 26.3 Å². The Hall–Kier alpha value is -1.61. The Morgan fingerprint density at radius 1 is 1.11 bits per heavy atom. The number of hydrogen-bond donors (Lipinski definition) is 0. The number of halogens is 1. The van der Waals surface area contributed by atoms with Crippen LogP contribution in [-0.2, 0) is 0 Å². The van der Waals surface area contributed by atoms with Crippen molar-refractivity contribution in [3.8, 4) is 5.75 Å². The number of rotatable bonds is 1. The molecule has 0 fully saturated rings. The number of hydrogen-bond acceptors (Lipinski definition) is 2.